The first-order valence-corrected chi connectivity index (χ1v) is 7.13. The molecule has 7 heteroatoms. The summed E-state index contributed by atoms with van der Waals surface area (Å²) in [5.41, 5.74) is 0.644. The molecule has 5 nitrogen and oxygen atoms in total. The van der Waals surface area contributed by atoms with Gasteiger partial charge in [-0.05, 0) is 36.5 Å². The van der Waals surface area contributed by atoms with E-state index in [0.29, 0.717) is 16.4 Å². The van der Waals surface area contributed by atoms with Crippen LogP contribution in [0.2, 0.25) is 5.02 Å². The third-order valence-electron chi connectivity index (χ3n) is 2.85. The number of hydrogen-bond acceptors (Lipinski definition) is 4. The largest absolute Gasteiger partial charge is 0.451 e. The number of hydrogen-bond donors (Lipinski definition) is 2. The number of carbonyl (C=O) groups is 1. The molecule has 0 fully saturated rings. The summed E-state index contributed by atoms with van der Waals surface area (Å²) in [5, 5.41) is 6.82. The fourth-order valence-electron chi connectivity index (χ4n) is 1.86. The highest BCUT2D eigenvalue weighted by Crippen LogP contribution is 2.18. The monoisotopic (exact) mass is 331 g/mol. The minimum atomic E-state index is -0.428. The number of para-hydroxylation sites is 1. The molecule has 3 rings (SSSR count). The van der Waals surface area contributed by atoms with E-state index in [0.717, 1.165) is 5.39 Å². The van der Waals surface area contributed by atoms with Gasteiger partial charge in [0, 0.05) is 11.6 Å². The number of amides is 1. The number of nitrogens with one attached hydrogen (secondary N) is 2. The fraction of sp³-hybridized carbons (Fsp3) is 0. The number of nitrogens with zero attached hydrogens (tertiary/aromatic N) is 1. The van der Waals surface area contributed by atoms with Crippen LogP contribution in [0.25, 0.3) is 11.0 Å². The van der Waals surface area contributed by atoms with Crippen LogP contribution in [-0.4, -0.2) is 16.0 Å². The van der Waals surface area contributed by atoms with Crippen LogP contribution in [0.4, 0.5) is 5.82 Å². The van der Waals surface area contributed by atoms with Crippen molar-refractivity contribution >= 4 is 51.6 Å². The number of pyridine rings is 1. The summed E-state index contributed by atoms with van der Waals surface area (Å²) >= 11 is 10.8. The van der Waals surface area contributed by atoms with Gasteiger partial charge in [0.2, 0.25) is 0 Å². The molecule has 1 amide bonds. The van der Waals surface area contributed by atoms with Gasteiger partial charge in [0.05, 0.1) is 5.02 Å². The molecule has 2 N–H and O–H groups in total. The number of fused-ring (bicyclic) bond motifs is 1. The topological polar surface area (TPSA) is 67.2 Å². The Labute approximate surface area is 136 Å². The molecular weight excluding hydrogens is 322 g/mol. The molecule has 0 spiro atoms. The van der Waals surface area contributed by atoms with Crippen LogP contribution < -0.4 is 10.6 Å². The van der Waals surface area contributed by atoms with Crippen molar-refractivity contribution in [3.63, 3.8) is 0 Å². The SMILES string of the molecule is O=C(NC(=S)Nc1ccc(Cl)cn1)c1cc2ccccc2o1. The van der Waals surface area contributed by atoms with Crippen molar-refractivity contribution in [1.29, 1.82) is 0 Å². The zero-order chi connectivity index (χ0) is 15.5. The second-order valence-corrected chi connectivity index (χ2v) is 5.26. The molecule has 1 aromatic carbocycles. The van der Waals surface area contributed by atoms with Gasteiger partial charge in [-0.3, -0.25) is 10.1 Å². The second-order valence-electron chi connectivity index (χ2n) is 4.42. The standard InChI is InChI=1S/C15H10ClN3O2S/c16-10-5-6-13(17-8-10)18-15(22)19-14(20)12-7-9-3-1-2-4-11(9)21-12/h1-8H,(H2,17,18,19,20,22). The van der Waals surface area contributed by atoms with Crippen molar-refractivity contribution < 1.29 is 9.21 Å². The number of aromatic nitrogens is 1. The van der Waals surface area contributed by atoms with Gasteiger partial charge in [-0.15, -0.1) is 0 Å². The molecule has 2 heterocycles. The Morgan fingerprint density at radius 1 is 1.23 bits per heavy atom. The van der Waals surface area contributed by atoms with E-state index in [-0.39, 0.29) is 10.9 Å². The highest BCUT2D eigenvalue weighted by molar-refractivity contribution is 7.80. The number of anilines is 1. The minimum Gasteiger partial charge on any atom is -0.451 e. The maximum Gasteiger partial charge on any atom is 0.293 e. The van der Waals surface area contributed by atoms with Crippen molar-refractivity contribution in [3.05, 3.63) is 59.4 Å². The van der Waals surface area contributed by atoms with Crippen molar-refractivity contribution in [2.45, 2.75) is 0 Å². The number of benzene rings is 1. The Balaban J connectivity index is 1.68. The van der Waals surface area contributed by atoms with Crippen LogP contribution in [0.15, 0.2) is 53.1 Å². The molecule has 0 bridgehead atoms. The summed E-state index contributed by atoms with van der Waals surface area (Å²) in [6.45, 7) is 0. The van der Waals surface area contributed by atoms with Crippen LogP contribution >= 0.6 is 23.8 Å². The normalized spacial score (nSPS) is 10.4. The summed E-state index contributed by atoms with van der Waals surface area (Å²) in [5.74, 6) is 0.247. The number of furan rings is 1. The van der Waals surface area contributed by atoms with E-state index in [1.54, 1.807) is 24.3 Å². The molecule has 2 aromatic heterocycles. The van der Waals surface area contributed by atoms with Crippen LogP contribution in [0.1, 0.15) is 10.6 Å². The predicted molar refractivity (Wildman–Crippen MR) is 89.1 cm³/mol. The molecule has 0 aliphatic heterocycles. The van der Waals surface area contributed by atoms with E-state index < -0.39 is 5.91 Å². The van der Waals surface area contributed by atoms with Gasteiger partial charge in [-0.25, -0.2) is 4.98 Å². The first-order chi connectivity index (χ1) is 10.6. The smallest absolute Gasteiger partial charge is 0.293 e. The molecule has 0 radical (unpaired) electrons. The van der Waals surface area contributed by atoms with E-state index in [1.807, 2.05) is 18.2 Å². The van der Waals surface area contributed by atoms with Crippen molar-refractivity contribution in [1.82, 2.24) is 10.3 Å². The van der Waals surface area contributed by atoms with Crippen LogP contribution in [0, 0.1) is 0 Å². The molecular formula is C15H10ClN3O2S. The van der Waals surface area contributed by atoms with Gasteiger partial charge in [-0.2, -0.15) is 0 Å². The zero-order valence-corrected chi connectivity index (χ0v) is 12.7. The van der Waals surface area contributed by atoms with Crippen LogP contribution in [0.5, 0.6) is 0 Å². The number of carbonyl (C=O) groups excluding carboxylic acids is 1. The molecule has 0 unspecified atom stereocenters. The summed E-state index contributed by atoms with van der Waals surface area (Å²) in [6, 6.07) is 12.4. The average molecular weight is 332 g/mol. The highest BCUT2D eigenvalue weighted by atomic mass is 35.5. The summed E-state index contributed by atoms with van der Waals surface area (Å²) < 4.78 is 5.46. The van der Waals surface area contributed by atoms with E-state index in [9.17, 15) is 4.79 Å². The highest BCUT2D eigenvalue weighted by Gasteiger charge is 2.13. The third kappa shape index (κ3) is 3.24. The molecule has 22 heavy (non-hydrogen) atoms. The number of halogens is 1. The average Bonchev–Trinajstić information content (AvgIpc) is 2.93. The van der Waals surface area contributed by atoms with Crippen molar-refractivity contribution in [2.75, 3.05) is 5.32 Å². The Hall–Kier alpha value is -2.44. The van der Waals surface area contributed by atoms with Gasteiger partial charge >= 0.3 is 0 Å². The Bertz CT molecular complexity index is 812. The van der Waals surface area contributed by atoms with Gasteiger partial charge in [0.25, 0.3) is 5.91 Å². The first kappa shape index (κ1) is 14.5. The number of rotatable bonds is 2. The lowest BCUT2D eigenvalue weighted by Gasteiger charge is -2.07. The summed E-state index contributed by atoms with van der Waals surface area (Å²) in [4.78, 5) is 16.1. The summed E-state index contributed by atoms with van der Waals surface area (Å²) in [7, 11) is 0. The predicted octanol–water partition coefficient (Wildman–Crippen LogP) is 3.61. The second kappa shape index (κ2) is 6.13. The van der Waals surface area contributed by atoms with Gasteiger partial charge in [0.15, 0.2) is 10.9 Å². The molecule has 0 saturated carbocycles. The molecule has 0 aliphatic carbocycles. The number of thiocarbonyl (C=S) groups is 1. The van der Waals surface area contributed by atoms with Crippen molar-refractivity contribution in [3.8, 4) is 0 Å². The lowest BCUT2D eigenvalue weighted by molar-refractivity contribution is 0.0953. The molecule has 0 atom stereocenters. The maximum absolute atomic E-state index is 12.1. The van der Waals surface area contributed by atoms with Gasteiger partial charge in [-0.1, -0.05) is 29.8 Å². The third-order valence-corrected chi connectivity index (χ3v) is 3.27. The van der Waals surface area contributed by atoms with Crippen molar-refractivity contribution in [2.24, 2.45) is 0 Å². The van der Waals surface area contributed by atoms with Crippen LogP contribution in [-0.2, 0) is 0 Å². The lowest BCUT2D eigenvalue weighted by Crippen LogP contribution is -2.34. The van der Waals surface area contributed by atoms with E-state index in [4.69, 9.17) is 28.2 Å². The van der Waals surface area contributed by atoms with Gasteiger partial charge < -0.3 is 9.73 Å². The summed E-state index contributed by atoms with van der Waals surface area (Å²) in [6.07, 6.45) is 1.48. The molecule has 0 saturated heterocycles. The van der Waals surface area contributed by atoms with Gasteiger partial charge in [0.1, 0.15) is 11.4 Å². The lowest BCUT2D eigenvalue weighted by atomic mass is 10.2. The Morgan fingerprint density at radius 2 is 2.05 bits per heavy atom. The Kier molecular flexibility index (Phi) is 4.04. The quantitative estimate of drug-likeness (QED) is 0.702. The van der Waals surface area contributed by atoms with E-state index >= 15 is 0 Å². The Morgan fingerprint density at radius 3 is 2.77 bits per heavy atom. The van der Waals surface area contributed by atoms with E-state index in [1.165, 1.54) is 6.20 Å². The fourth-order valence-corrected chi connectivity index (χ4v) is 2.16. The first-order valence-electron chi connectivity index (χ1n) is 6.34. The minimum absolute atomic E-state index is 0.125. The maximum atomic E-state index is 12.1. The molecule has 0 aliphatic rings. The van der Waals surface area contributed by atoms with Crippen LogP contribution in [0.3, 0.4) is 0 Å². The molecule has 110 valence electrons. The zero-order valence-electron chi connectivity index (χ0n) is 11.2. The van der Waals surface area contributed by atoms with E-state index in [2.05, 4.69) is 15.6 Å². The molecule has 3 aromatic rings.